The first kappa shape index (κ1) is 20.7. The van der Waals surface area contributed by atoms with Crippen LogP contribution < -0.4 is 10.6 Å². The Balaban J connectivity index is 1.26. The molecular formula is C23H32ClN3O2. The topological polar surface area (TPSA) is 61.4 Å². The smallest absolute Gasteiger partial charge is 0.238 e. The first-order chi connectivity index (χ1) is 13.8. The number of halogens is 1. The number of nitrogens with one attached hydrogen (secondary N) is 2. The number of hydrogen-bond acceptors (Lipinski definition) is 3. The van der Waals surface area contributed by atoms with Crippen molar-refractivity contribution in [1.29, 1.82) is 0 Å². The fraction of sp³-hybridized carbons (Fsp3) is 0.652. The number of rotatable bonds is 7. The van der Waals surface area contributed by atoms with Crippen LogP contribution in [-0.4, -0.2) is 42.9 Å². The third-order valence-corrected chi connectivity index (χ3v) is 7.69. The van der Waals surface area contributed by atoms with Gasteiger partial charge in [-0.15, -0.1) is 0 Å². The second-order valence-corrected chi connectivity index (χ2v) is 10.2. The zero-order valence-corrected chi connectivity index (χ0v) is 18.2. The van der Waals surface area contributed by atoms with E-state index in [-0.39, 0.29) is 30.9 Å². The van der Waals surface area contributed by atoms with Crippen molar-refractivity contribution >= 4 is 29.1 Å². The highest BCUT2D eigenvalue weighted by Gasteiger charge is 2.53. The normalized spacial score (nSPS) is 31.0. The number of benzene rings is 1. The molecule has 2 amide bonds. The van der Waals surface area contributed by atoms with Gasteiger partial charge in [0.25, 0.3) is 0 Å². The lowest BCUT2D eigenvalue weighted by Crippen LogP contribution is -2.56. The number of carbonyl (C=O) groups excluding carboxylic acids is 2. The van der Waals surface area contributed by atoms with E-state index in [1.807, 2.05) is 12.1 Å². The summed E-state index contributed by atoms with van der Waals surface area (Å²) in [4.78, 5) is 26.7. The summed E-state index contributed by atoms with van der Waals surface area (Å²) in [5, 5.41) is 6.57. The van der Waals surface area contributed by atoms with E-state index in [4.69, 9.17) is 11.6 Å². The summed E-state index contributed by atoms with van der Waals surface area (Å²) in [7, 11) is 1.79. The van der Waals surface area contributed by atoms with Gasteiger partial charge in [0.1, 0.15) is 0 Å². The first-order valence-corrected chi connectivity index (χ1v) is 11.2. The number of para-hydroxylation sites is 1. The Morgan fingerprint density at radius 1 is 1.07 bits per heavy atom. The van der Waals surface area contributed by atoms with Gasteiger partial charge in [-0.1, -0.05) is 23.7 Å². The molecule has 4 aliphatic carbocycles. The summed E-state index contributed by atoms with van der Waals surface area (Å²) in [6.45, 7) is 2.55. The largest absolute Gasteiger partial charge is 0.352 e. The van der Waals surface area contributed by atoms with Crippen molar-refractivity contribution in [2.24, 2.45) is 23.2 Å². The molecule has 0 aromatic heterocycles. The van der Waals surface area contributed by atoms with Crippen LogP contribution in [0.15, 0.2) is 24.3 Å². The van der Waals surface area contributed by atoms with Crippen LogP contribution in [0.25, 0.3) is 0 Å². The minimum absolute atomic E-state index is 0.00119. The highest BCUT2D eigenvalue weighted by molar-refractivity contribution is 6.33. The van der Waals surface area contributed by atoms with Gasteiger partial charge in [0.15, 0.2) is 0 Å². The van der Waals surface area contributed by atoms with Crippen molar-refractivity contribution in [2.45, 2.75) is 51.5 Å². The van der Waals surface area contributed by atoms with E-state index in [1.54, 1.807) is 24.1 Å². The molecule has 1 aromatic carbocycles. The fourth-order valence-corrected chi connectivity index (χ4v) is 6.63. The van der Waals surface area contributed by atoms with Crippen LogP contribution in [0, 0.1) is 23.2 Å². The van der Waals surface area contributed by atoms with Gasteiger partial charge in [-0.2, -0.15) is 0 Å². The molecule has 0 unspecified atom stereocenters. The van der Waals surface area contributed by atoms with Crippen molar-refractivity contribution < 1.29 is 9.59 Å². The second-order valence-electron chi connectivity index (χ2n) is 9.77. The number of anilines is 1. The number of hydrogen-bond donors (Lipinski definition) is 2. The van der Waals surface area contributed by atoms with Gasteiger partial charge in [-0.05, 0) is 87.8 Å². The van der Waals surface area contributed by atoms with E-state index >= 15 is 0 Å². The summed E-state index contributed by atoms with van der Waals surface area (Å²) < 4.78 is 0. The van der Waals surface area contributed by atoms with Crippen molar-refractivity contribution in [1.82, 2.24) is 10.2 Å². The van der Waals surface area contributed by atoms with Crippen LogP contribution in [0.4, 0.5) is 5.69 Å². The summed E-state index contributed by atoms with van der Waals surface area (Å²) in [6.07, 6.45) is 8.04. The molecule has 4 aliphatic rings. The fourth-order valence-electron chi connectivity index (χ4n) is 6.45. The number of nitrogens with zero attached hydrogens (tertiary/aromatic N) is 1. The van der Waals surface area contributed by atoms with Gasteiger partial charge >= 0.3 is 0 Å². The van der Waals surface area contributed by atoms with Crippen LogP contribution >= 0.6 is 11.6 Å². The highest BCUT2D eigenvalue weighted by atomic mass is 35.5. The number of amides is 2. The van der Waals surface area contributed by atoms with Crippen molar-refractivity contribution in [3.8, 4) is 0 Å². The second kappa shape index (κ2) is 8.27. The molecule has 0 radical (unpaired) electrons. The van der Waals surface area contributed by atoms with Gasteiger partial charge in [0, 0.05) is 6.04 Å². The highest BCUT2D eigenvalue weighted by Crippen LogP contribution is 2.61. The third kappa shape index (κ3) is 4.61. The molecule has 1 aromatic rings. The van der Waals surface area contributed by atoms with Crippen LogP contribution in [-0.2, 0) is 9.59 Å². The molecule has 158 valence electrons. The third-order valence-electron chi connectivity index (χ3n) is 7.36. The van der Waals surface area contributed by atoms with Gasteiger partial charge in [-0.25, -0.2) is 0 Å². The Bertz CT molecular complexity index is 746. The molecule has 0 heterocycles. The Hall–Kier alpha value is -1.59. The standard InChI is InChI=1S/C23H32ClN3O2/c1-15(23-10-16-7-17(11-23)9-18(8-16)12-23)25-21(28)13-27(2)14-22(29)26-20-6-4-3-5-19(20)24/h3-6,15-18H,7-14H2,1-2H3,(H,25,28)(H,26,29)/t15-,16?,17?,18?,23?/m0/s1. The maximum absolute atomic E-state index is 12.6. The van der Waals surface area contributed by atoms with Crippen molar-refractivity contribution in [2.75, 3.05) is 25.5 Å². The molecule has 4 fully saturated rings. The lowest BCUT2D eigenvalue weighted by atomic mass is 9.48. The molecule has 2 N–H and O–H groups in total. The van der Waals surface area contributed by atoms with Gasteiger partial charge in [-0.3, -0.25) is 14.5 Å². The summed E-state index contributed by atoms with van der Waals surface area (Å²) in [6, 6.07) is 7.35. The molecule has 6 heteroatoms. The molecule has 5 nitrogen and oxygen atoms in total. The van der Waals surface area contributed by atoms with Crippen molar-refractivity contribution in [3.63, 3.8) is 0 Å². The average molecular weight is 418 g/mol. The molecule has 29 heavy (non-hydrogen) atoms. The lowest BCUT2D eigenvalue weighted by molar-refractivity contribution is -0.127. The Morgan fingerprint density at radius 3 is 2.21 bits per heavy atom. The SMILES string of the molecule is C[C@H](NC(=O)CN(C)CC(=O)Nc1ccccc1Cl)C12CC3CC(CC(C3)C1)C2. The summed E-state index contributed by atoms with van der Waals surface area (Å²) in [5.41, 5.74) is 0.886. The summed E-state index contributed by atoms with van der Waals surface area (Å²) >= 11 is 6.08. The van der Waals surface area contributed by atoms with Crippen molar-refractivity contribution in [3.05, 3.63) is 29.3 Å². The van der Waals surface area contributed by atoms with Crippen LogP contribution in [0.1, 0.15) is 45.4 Å². The van der Waals surface area contributed by atoms with Crippen LogP contribution in [0.3, 0.4) is 0 Å². The maximum atomic E-state index is 12.6. The van der Waals surface area contributed by atoms with E-state index in [0.29, 0.717) is 16.1 Å². The number of likely N-dealkylation sites (N-methyl/N-ethyl adjacent to an activating group) is 1. The van der Waals surface area contributed by atoms with Gasteiger partial charge < -0.3 is 10.6 Å². The zero-order chi connectivity index (χ0) is 20.6. The minimum atomic E-state index is -0.178. The van der Waals surface area contributed by atoms with E-state index in [2.05, 4.69) is 17.6 Å². The predicted molar refractivity (Wildman–Crippen MR) is 116 cm³/mol. The minimum Gasteiger partial charge on any atom is -0.352 e. The maximum Gasteiger partial charge on any atom is 0.238 e. The van der Waals surface area contributed by atoms with Gasteiger partial charge in [0.05, 0.1) is 23.8 Å². The molecule has 4 saturated carbocycles. The van der Waals surface area contributed by atoms with E-state index in [0.717, 1.165) is 17.8 Å². The zero-order valence-electron chi connectivity index (χ0n) is 17.4. The number of carbonyl (C=O) groups is 2. The Labute approximate surface area is 178 Å². The molecule has 0 spiro atoms. The first-order valence-electron chi connectivity index (χ1n) is 10.9. The van der Waals surface area contributed by atoms with E-state index in [1.165, 1.54) is 38.5 Å². The molecule has 0 aliphatic heterocycles. The monoisotopic (exact) mass is 417 g/mol. The molecule has 1 atom stereocenters. The Kier molecular flexibility index (Phi) is 5.90. The van der Waals surface area contributed by atoms with Crippen LogP contribution in [0.2, 0.25) is 5.02 Å². The quantitative estimate of drug-likeness (QED) is 0.706. The molecule has 4 bridgehead atoms. The summed E-state index contributed by atoms with van der Waals surface area (Å²) in [5.74, 6) is 2.44. The molecule has 5 rings (SSSR count). The van der Waals surface area contributed by atoms with E-state index in [9.17, 15) is 9.59 Å². The van der Waals surface area contributed by atoms with Crippen LogP contribution in [0.5, 0.6) is 0 Å². The predicted octanol–water partition coefficient (Wildman–Crippen LogP) is 3.93. The van der Waals surface area contributed by atoms with Gasteiger partial charge in [0.2, 0.25) is 11.8 Å². The lowest BCUT2D eigenvalue weighted by Gasteiger charge is -2.59. The average Bonchev–Trinajstić information content (AvgIpc) is 2.62. The van der Waals surface area contributed by atoms with E-state index < -0.39 is 0 Å². The molecular weight excluding hydrogens is 386 g/mol. The Morgan fingerprint density at radius 2 is 1.62 bits per heavy atom. The molecule has 0 saturated heterocycles.